The summed E-state index contributed by atoms with van der Waals surface area (Å²) in [6.07, 6.45) is -1.02. The van der Waals surface area contributed by atoms with E-state index in [1.165, 1.54) is 0 Å². The molecule has 0 aromatic carbocycles. The molecular weight excluding hydrogens is 108 g/mol. The van der Waals surface area contributed by atoms with Gasteiger partial charge in [0, 0.05) is 0 Å². The van der Waals surface area contributed by atoms with Crippen LogP contribution in [0.5, 0.6) is 0 Å². The molecule has 3 unspecified atom stereocenters. The lowest BCUT2D eigenvalue weighted by atomic mass is 10.6. The summed E-state index contributed by atoms with van der Waals surface area (Å²) in [5.74, 6) is 0. The molecule has 0 amide bonds. The second kappa shape index (κ2) is 1.96. The van der Waals surface area contributed by atoms with Crippen LogP contribution in [0.3, 0.4) is 0 Å². The van der Waals surface area contributed by atoms with Crippen molar-refractivity contribution in [2.75, 3.05) is 0 Å². The highest BCUT2D eigenvalue weighted by Crippen LogP contribution is 1.97. The van der Waals surface area contributed by atoms with Crippen molar-refractivity contribution >= 4 is 0 Å². The maximum absolute atomic E-state index is 8.45. The molecule has 0 aliphatic carbocycles. The van der Waals surface area contributed by atoms with Crippen LogP contribution in [0.25, 0.3) is 0 Å². The second-order valence-electron chi connectivity index (χ2n) is 1.78. The topological polar surface area (TPSA) is 106 Å². The molecule has 1 fully saturated rings. The summed E-state index contributed by atoms with van der Waals surface area (Å²) in [6.45, 7) is 0. The predicted molar refractivity (Wildman–Crippen MR) is 28.2 cm³/mol. The largest absolute Gasteiger partial charge is 0.366 e. The highest BCUT2D eigenvalue weighted by Gasteiger charge is 2.32. The molecule has 48 valence electrons. The molecule has 0 radical (unpaired) electrons. The highest BCUT2D eigenvalue weighted by atomic mass is 16.3. The molecular formula is C3H10N4O. The van der Waals surface area contributed by atoms with E-state index in [0.717, 1.165) is 0 Å². The van der Waals surface area contributed by atoms with Gasteiger partial charge in [-0.05, 0) is 0 Å². The minimum Gasteiger partial charge on any atom is -0.366 e. The number of nitrogens with one attached hydrogen (secondary N) is 2. The zero-order valence-electron chi connectivity index (χ0n) is 4.33. The molecule has 0 bridgehead atoms. The smallest absolute Gasteiger partial charge is 0.159 e. The first kappa shape index (κ1) is 5.93. The fourth-order valence-corrected chi connectivity index (χ4v) is 0.488. The van der Waals surface area contributed by atoms with Crippen LogP contribution >= 0.6 is 0 Å². The Bertz CT molecular complexity index is 85.4. The lowest BCUT2D eigenvalue weighted by Gasteiger charge is -2.02. The fourth-order valence-electron chi connectivity index (χ4n) is 0.488. The Balaban J connectivity index is 2.05. The summed E-state index contributed by atoms with van der Waals surface area (Å²) in [7, 11) is 0. The number of hydrogen-bond acceptors (Lipinski definition) is 5. The van der Waals surface area contributed by atoms with E-state index < -0.39 is 6.35 Å². The lowest BCUT2D eigenvalue weighted by Crippen LogP contribution is -2.40. The molecule has 7 N–H and O–H groups in total. The normalized spacial score (nSPS) is 39.4. The quantitative estimate of drug-likeness (QED) is 0.196. The van der Waals surface area contributed by atoms with Gasteiger partial charge >= 0.3 is 0 Å². The van der Waals surface area contributed by atoms with Gasteiger partial charge in [-0.2, -0.15) is 0 Å². The van der Waals surface area contributed by atoms with E-state index in [1.54, 1.807) is 0 Å². The van der Waals surface area contributed by atoms with E-state index in [-0.39, 0.29) is 12.3 Å². The van der Waals surface area contributed by atoms with E-state index >= 15 is 0 Å². The summed E-state index contributed by atoms with van der Waals surface area (Å²) in [5, 5.41) is 13.8. The van der Waals surface area contributed by atoms with Crippen LogP contribution < -0.4 is 22.1 Å². The number of aliphatic hydroxyl groups excluding tert-OH is 1. The first-order valence-corrected chi connectivity index (χ1v) is 2.41. The molecule has 5 heteroatoms. The fraction of sp³-hybridized carbons (Fsp3) is 1.00. The second-order valence-corrected chi connectivity index (χ2v) is 1.78. The standard InChI is InChI=1S/C3H10N4O/c4-1-2(6-1)7-3(5)8/h1-3,6-8H,4-5H2. The van der Waals surface area contributed by atoms with Crippen LogP contribution in [0, 0.1) is 0 Å². The van der Waals surface area contributed by atoms with Gasteiger partial charge in [0.15, 0.2) is 6.35 Å². The maximum Gasteiger partial charge on any atom is 0.159 e. The number of nitrogens with two attached hydrogens (primary N) is 2. The summed E-state index contributed by atoms with van der Waals surface area (Å²) < 4.78 is 0. The first-order valence-electron chi connectivity index (χ1n) is 2.41. The minimum atomic E-state index is -0.971. The van der Waals surface area contributed by atoms with Crippen molar-refractivity contribution in [2.45, 2.75) is 18.7 Å². The van der Waals surface area contributed by atoms with E-state index in [2.05, 4.69) is 10.6 Å². The molecule has 5 nitrogen and oxygen atoms in total. The third kappa shape index (κ3) is 1.39. The summed E-state index contributed by atoms with van der Waals surface area (Å²) >= 11 is 0. The first-order chi connectivity index (χ1) is 3.70. The Morgan fingerprint density at radius 1 is 1.75 bits per heavy atom. The number of aliphatic hydroxyl groups is 1. The van der Waals surface area contributed by atoms with E-state index in [1.807, 2.05) is 0 Å². The third-order valence-corrected chi connectivity index (χ3v) is 0.972. The van der Waals surface area contributed by atoms with Crippen LogP contribution in [0.4, 0.5) is 0 Å². The molecule has 0 aromatic heterocycles. The zero-order valence-corrected chi connectivity index (χ0v) is 4.33. The Morgan fingerprint density at radius 2 is 2.25 bits per heavy atom. The minimum absolute atomic E-state index is 0.00463. The van der Waals surface area contributed by atoms with E-state index in [9.17, 15) is 0 Å². The van der Waals surface area contributed by atoms with Gasteiger partial charge in [-0.25, -0.2) is 0 Å². The molecule has 0 spiro atoms. The molecule has 1 aliphatic heterocycles. The van der Waals surface area contributed by atoms with Gasteiger partial charge in [-0.15, -0.1) is 0 Å². The summed E-state index contributed by atoms with van der Waals surface area (Å²) in [4.78, 5) is 0. The predicted octanol–water partition coefficient (Wildman–Crippen LogP) is -2.98. The zero-order chi connectivity index (χ0) is 6.15. The van der Waals surface area contributed by atoms with Gasteiger partial charge in [-0.1, -0.05) is 0 Å². The molecule has 1 saturated heterocycles. The van der Waals surface area contributed by atoms with Crippen LogP contribution in [-0.2, 0) is 0 Å². The van der Waals surface area contributed by atoms with Crippen molar-refractivity contribution < 1.29 is 5.11 Å². The third-order valence-electron chi connectivity index (χ3n) is 0.972. The van der Waals surface area contributed by atoms with E-state index in [4.69, 9.17) is 16.6 Å². The van der Waals surface area contributed by atoms with Crippen LogP contribution in [-0.4, -0.2) is 23.8 Å². The molecule has 0 aromatic rings. The molecule has 0 saturated carbocycles. The molecule has 1 heterocycles. The van der Waals surface area contributed by atoms with E-state index in [0.29, 0.717) is 0 Å². The number of rotatable bonds is 2. The van der Waals surface area contributed by atoms with Crippen LogP contribution in [0.15, 0.2) is 0 Å². The van der Waals surface area contributed by atoms with Crippen molar-refractivity contribution in [3.63, 3.8) is 0 Å². The molecule has 1 aliphatic rings. The van der Waals surface area contributed by atoms with Gasteiger partial charge in [-0.3, -0.25) is 16.4 Å². The summed E-state index contributed by atoms with van der Waals surface area (Å²) in [6, 6.07) is 0. The summed E-state index contributed by atoms with van der Waals surface area (Å²) in [5.41, 5.74) is 10.2. The van der Waals surface area contributed by atoms with Crippen LogP contribution in [0.2, 0.25) is 0 Å². The van der Waals surface area contributed by atoms with Crippen molar-refractivity contribution in [1.29, 1.82) is 0 Å². The lowest BCUT2D eigenvalue weighted by molar-refractivity contribution is 0.141. The molecule has 1 rings (SSSR count). The van der Waals surface area contributed by atoms with Gasteiger partial charge in [0.05, 0.1) is 12.3 Å². The average Bonchev–Trinajstić information content (AvgIpc) is 2.17. The monoisotopic (exact) mass is 118 g/mol. The van der Waals surface area contributed by atoms with Crippen molar-refractivity contribution in [3.8, 4) is 0 Å². The molecule has 8 heavy (non-hydrogen) atoms. The van der Waals surface area contributed by atoms with Crippen molar-refractivity contribution in [2.24, 2.45) is 11.5 Å². The molecule has 3 atom stereocenters. The van der Waals surface area contributed by atoms with Gasteiger partial charge in [0.1, 0.15) is 0 Å². The van der Waals surface area contributed by atoms with Gasteiger partial charge < -0.3 is 10.8 Å². The Hall–Kier alpha value is -0.200. The number of hydrogen-bond donors (Lipinski definition) is 5. The Morgan fingerprint density at radius 3 is 2.38 bits per heavy atom. The Kier molecular flexibility index (Phi) is 1.45. The average molecular weight is 118 g/mol. The van der Waals surface area contributed by atoms with Gasteiger partial charge in [0.25, 0.3) is 0 Å². The maximum atomic E-state index is 8.45. The van der Waals surface area contributed by atoms with Crippen molar-refractivity contribution in [1.82, 2.24) is 10.6 Å². The van der Waals surface area contributed by atoms with Gasteiger partial charge in [0.2, 0.25) is 0 Å². The van der Waals surface area contributed by atoms with Crippen LogP contribution in [0.1, 0.15) is 0 Å². The Labute approximate surface area is 47.0 Å². The van der Waals surface area contributed by atoms with Crippen molar-refractivity contribution in [3.05, 3.63) is 0 Å². The highest BCUT2D eigenvalue weighted by molar-refractivity contribution is 4.90. The SMILES string of the molecule is NC(O)NC1NC1N.